The van der Waals surface area contributed by atoms with Gasteiger partial charge in [0.15, 0.2) is 0 Å². The van der Waals surface area contributed by atoms with Crippen molar-refractivity contribution in [1.29, 1.82) is 0 Å². The minimum atomic E-state index is -0.887. The van der Waals surface area contributed by atoms with Gasteiger partial charge >= 0.3 is 0 Å². The van der Waals surface area contributed by atoms with Crippen molar-refractivity contribution < 1.29 is 9.13 Å². The topological polar surface area (TPSA) is 9.23 Å². The molecule has 0 aromatic rings. The lowest BCUT2D eigenvalue weighted by atomic mass is 10.2. The van der Waals surface area contributed by atoms with Crippen molar-refractivity contribution in [2.24, 2.45) is 5.92 Å². The first kappa shape index (κ1) is 14.9. The predicted octanol–water partition coefficient (Wildman–Crippen LogP) is 4.42. The fourth-order valence-corrected chi connectivity index (χ4v) is 1.13. The number of ether oxygens (including phenoxy) is 1. The first-order chi connectivity index (χ1) is 7.60. The van der Waals surface area contributed by atoms with Crippen LogP contribution in [-0.4, -0.2) is 12.8 Å². The Hall–Kier alpha value is -1.05. The maximum atomic E-state index is 13.1. The van der Waals surface area contributed by atoms with E-state index in [0.717, 1.165) is 6.42 Å². The van der Waals surface area contributed by atoms with Crippen LogP contribution in [0.3, 0.4) is 0 Å². The maximum absolute atomic E-state index is 13.1. The lowest BCUT2D eigenvalue weighted by Crippen LogP contribution is -2.09. The molecule has 92 valence electrons. The van der Waals surface area contributed by atoms with Crippen LogP contribution in [0, 0.1) is 5.92 Å². The number of allylic oxidation sites excluding steroid dienone is 4. The van der Waals surface area contributed by atoms with Crippen LogP contribution >= 0.6 is 0 Å². The van der Waals surface area contributed by atoms with Gasteiger partial charge in [-0.1, -0.05) is 45.9 Å². The molecular formula is C14H23FO. The summed E-state index contributed by atoms with van der Waals surface area (Å²) in [6, 6.07) is 0. The van der Waals surface area contributed by atoms with Crippen LogP contribution < -0.4 is 0 Å². The highest BCUT2D eigenvalue weighted by Crippen LogP contribution is 2.07. The lowest BCUT2D eigenvalue weighted by molar-refractivity contribution is 0.135. The smallest absolute Gasteiger partial charge is 0.134 e. The van der Waals surface area contributed by atoms with Crippen LogP contribution in [0.5, 0.6) is 0 Å². The molecule has 1 atom stereocenters. The van der Waals surface area contributed by atoms with Gasteiger partial charge in [0.2, 0.25) is 0 Å². The van der Waals surface area contributed by atoms with Crippen molar-refractivity contribution in [3.63, 3.8) is 0 Å². The van der Waals surface area contributed by atoms with E-state index in [1.807, 2.05) is 25.2 Å². The van der Waals surface area contributed by atoms with E-state index in [1.54, 1.807) is 6.08 Å². The third kappa shape index (κ3) is 8.27. The van der Waals surface area contributed by atoms with Crippen LogP contribution in [0.2, 0.25) is 0 Å². The van der Waals surface area contributed by atoms with Gasteiger partial charge in [0.05, 0.1) is 0 Å². The van der Waals surface area contributed by atoms with E-state index in [9.17, 15) is 4.39 Å². The molecule has 1 unspecified atom stereocenters. The minimum absolute atomic E-state index is 0.112. The SMILES string of the molecule is C=CC(=CC=CC(C)C)OCC(F)CCC. The third-order valence-electron chi connectivity index (χ3n) is 1.99. The van der Waals surface area contributed by atoms with Crippen LogP contribution in [-0.2, 0) is 4.74 Å². The van der Waals surface area contributed by atoms with Crippen molar-refractivity contribution in [3.8, 4) is 0 Å². The van der Waals surface area contributed by atoms with E-state index in [1.165, 1.54) is 0 Å². The third-order valence-corrected chi connectivity index (χ3v) is 1.99. The molecule has 1 nitrogen and oxygen atoms in total. The molecule has 0 saturated heterocycles. The normalized spacial score (nSPS) is 14.4. The van der Waals surface area contributed by atoms with Gasteiger partial charge in [0.25, 0.3) is 0 Å². The molecular weight excluding hydrogens is 203 g/mol. The van der Waals surface area contributed by atoms with Gasteiger partial charge in [-0.15, -0.1) is 0 Å². The summed E-state index contributed by atoms with van der Waals surface area (Å²) in [5.74, 6) is 1.12. The second-order valence-corrected chi connectivity index (χ2v) is 4.10. The molecule has 0 saturated carbocycles. The summed E-state index contributed by atoms with van der Waals surface area (Å²) in [6.45, 7) is 9.90. The van der Waals surface area contributed by atoms with Crippen LogP contribution in [0.4, 0.5) is 4.39 Å². The van der Waals surface area contributed by atoms with E-state index < -0.39 is 6.17 Å². The van der Waals surface area contributed by atoms with Gasteiger partial charge in [-0.3, -0.25) is 0 Å². The summed E-state index contributed by atoms with van der Waals surface area (Å²) in [5.41, 5.74) is 0. The van der Waals surface area contributed by atoms with E-state index in [0.29, 0.717) is 18.1 Å². The molecule has 0 fully saturated rings. The first-order valence-electron chi connectivity index (χ1n) is 5.87. The van der Waals surface area contributed by atoms with Crippen LogP contribution in [0.25, 0.3) is 0 Å². The minimum Gasteiger partial charge on any atom is -0.491 e. The zero-order chi connectivity index (χ0) is 12.4. The maximum Gasteiger partial charge on any atom is 0.134 e. The van der Waals surface area contributed by atoms with Gasteiger partial charge < -0.3 is 4.74 Å². The van der Waals surface area contributed by atoms with E-state index in [4.69, 9.17) is 4.74 Å². The largest absolute Gasteiger partial charge is 0.491 e. The fraction of sp³-hybridized carbons (Fsp3) is 0.571. The molecule has 2 heteroatoms. The Bertz CT molecular complexity index is 241. The van der Waals surface area contributed by atoms with Crippen molar-refractivity contribution in [1.82, 2.24) is 0 Å². The molecule has 0 aromatic heterocycles. The van der Waals surface area contributed by atoms with E-state index >= 15 is 0 Å². The second kappa shape index (κ2) is 9.20. The van der Waals surface area contributed by atoms with Crippen molar-refractivity contribution in [2.45, 2.75) is 39.8 Å². The molecule has 0 aliphatic heterocycles. The molecule has 0 amide bonds. The number of rotatable bonds is 8. The summed E-state index contributed by atoms with van der Waals surface area (Å²) in [4.78, 5) is 0. The Morgan fingerprint density at radius 3 is 2.62 bits per heavy atom. The number of hydrogen-bond donors (Lipinski definition) is 0. The zero-order valence-corrected chi connectivity index (χ0v) is 10.6. The summed E-state index contributed by atoms with van der Waals surface area (Å²) in [7, 11) is 0. The van der Waals surface area contributed by atoms with Gasteiger partial charge in [-0.2, -0.15) is 0 Å². The Morgan fingerprint density at radius 2 is 2.12 bits per heavy atom. The fourth-order valence-electron chi connectivity index (χ4n) is 1.13. The first-order valence-corrected chi connectivity index (χ1v) is 5.87. The Labute approximate surface area is 98.7 Å². The average Bonchev–Trinajstić information content (AvgIpc) is 2.23. The average molecular weight is 226 g/mol. The van der Waals surface area contributed by atoms with Crippen molar-refractivity contribution in [3.05, 3.63) is 36.6 Å². The monoisotopic (exact) mass is 226 g/mol. The number of halogens is 1. The summed E-state index contributed by atoms with van der Waals surface area (Å²) < 4.78 is 18.5. The van der Waals surface area contributed by atoms with Crippen molar-refractivity contribution >= 4 is 0 Å². The van der Waals surface area contributed by atoms with Gasteiger partial charge in [-0.05, 0) is 24.5 Å². The predicted molar refractivity (Wildman–Crippen MR) is 68.0 cm³/mol. The zero-order valence-electron chi connectivity index (χ0n) is 10.6. The summed E-state index contributed by atoms with van der Waals surface area (Å²) in [6.07, 6.45) is 7.87. The van der Waals surface area contributed by atoms with E-state index in [-0.39, 0.29) is 6.61 Å². The molecule has 0 heterocycles. The molecule has 0 bridgehead atoms. The molecule has 16 heavy (non-hydrogen) atoms. The Morgan fingerprint density at radius 1 is 1.44 bits per heavy atom. The molecule has 0 spiro atoms. The quantitative estimate of drug-likeness (QED) is 0.439. The van der Waals surface area contributed by atoms with Crippen LogP contribution in [0.1, 0.15) is 33.6 Å². The summed E-state index contributed by atoms with van der Waals surface area (Å²) >= 11 is 0. The molecule has 0 rings (SSSR count). The summed E-state index contributed by atoms with van der Waals surface area (Å²) in [5, 5.41) is 0. The standard InChI is InChI=1S/C14H23FO/c1-5-8-13(15)11-16-14(6-2)10-7-9-12(3)4/h6-7,9-10,12-13H,2,5,8,11H2,1,3-4H3. The number of hydrogen-bond acceptors (Lipinski definition) is 1. The van der Waals surface area contributed by atoms with Gasteiger partial charge in [-0.25, -0.2) is 4.39 Å². The van der Waals surface area contributed by atoms with Gasteiger partial charge in [0.1, 0.15) is 18.5 Å². The highest BCUT2D eigenvalue weighted by molar-refractivity contribution is 5.16. The highest BCUT2D eigenvalue weighted by Gasteiger charge is 2.05. The Kier molecular flexibility index (Phi) is 8.59. The lowest BCUT2D eigenvalue weighted by Gasteiger charge is -2.09. The molecule has 0 radical (unpaired) electrons. The molecule has 0 N–H and O–H groups in total. The molecule has 0 aromatic carbocycles. The van der Waals surface area contributed by atoms with E-state index in [2.05, 4.69) is 20.4 Å². The Balaban J connectivity index is 4.04. The molecule has 0 aliphatic rings. The highest BCUT2D eigenvalue weighted by atomic mass is 19.1. The van der Waals surface area contributed by atoms with Crippen molar-refractivity contribution in [2.75, 3.05) is 6.61 Å². The van der Waals surface area contributed by atoms with Crippen LogP contribution in [0.15, 0.2) is 36.6 Å². The molecule has 0 aliphatic carbocycles. The second-order valence-electron chi connectivity index (χ2n) is 4.10. The van der Waals surface area contributed by atoms with Gasteiger partial charge in [0, 0.05) is 0 Å². The number of alkyl halides is 1.